The van der Waals surface area contributed by atoms with Crippen LogP contribution in [0.3, 0.4) is 0 Å². The van der Waals surface area contributed by atoms with E-state index in [1.54, 1.807) is 0 Å². The average Bonchev–Trinajstić information content (AvgIpc) is 2.52. The zero-order valence-electron chi connectivity index (χ0n) is 4.55. The molecule has 0 saturated carbocycles. The van der Waals surface area contributed by atoms with Crippen molar-refractivity contribution in [2.45, 2.75) is 12.4 Å². The molecule has 0 N–H and O–H groups in total. The SMILES string of the molecule is C1COC2(CO2)OC1. The fourth-order valence-corrected chi connectivity index (χ4v) is 0.782. The molecule has 0 atom stereocenters. The molecule has 2 fully saturated rings. The van der Waals surface area contributed by atoms with E-state index in [-0.39, 0.29) is 0 Å². The van der Waals surface area contributed by atoms with E-state index in [9.17, 15) is 0 Å². The van der Waals surface area contributed by atoms with Crippen molar-refractivity contribution in [1.82, 2.24) is 0 Å². The minimum absolute atomic E-state index is 0.571. The molecule has 0 bridgehead atoms. The molecule has 0 aromatic rings. The number of epoxide rings is 1. The molecular formula is C5H8O3. The standard InChI is InChI=1S/C5H8O3/c1-2-6-5(4-8-5)7-3-1/h1-4H2. The molecule has 3 heteroatoms. The van der Waals surface area contributed by atoms with Gasteiger partial charge in [-0.25, -0.2) is 0 Å². The molecule has 2 aliphatic rings. The van der Waals surface area contributed by atoms with Gasteiger partial charge < -0.3 is 14.2 Å². The van der Waals surface area contributed by atoms with Crippen molar-refractivity contribution in [1.29, 1.82) is 0 Å². The van der Waals surface area contributed by atoms with Crippen LogP contribution in [-0.2, 0) is 14.2 Å². The lowest BCUT2D eigenvalue weighted by atomic mass is 10.4. The van der Waals surface area contributed by atoms with E-state index in [4.69, 9.17) is 14.2 Å². The molecule has 0 unspecified atom stereocenters. The van der Waals surface area contributed by atoms with Crippen molar-refractivity contribution in [3.63, 3.8) is 0 Å². The summed E-state index contributed by atoms with van der Waals surface area (Å²) in [4.78, 5) is 0. The third kappa shape index (κ3) is 0.632. The molecule has 3 nitrogen and oxygen atoms in total. The molecule has 0 aliphatic carbocycles. The molecule has 2 rings (SSSR count). The first-order chi connectivity index (χ1) is 3.91. The van der Waals surface area contributed by atoms with E-state index in [1.807, 2.05) is 0 Å². The lowest BCUT2D eigenvalue weighted by molar-refractivity contribution is -0.255. The molecule has 0 aromatic carbocycles. The quantitative estimate of drug-likeness (QED) is 0.421. The summed E-state index contributed by atoms with van der Waals surface area (Å²) in [6.45, 7) is 2.17. The van der Waals surface area contributed by atoms with Crippen LogP contribution in [0.25, 0.3) is 0 Å². The molecule has 0 aromatic heterocycles. The number of hydrogen-bond donors (Lipinski definition) is 0. The third-order valence-electron chi connectivity index (χ3n) is 1.31. The first-order valence-electron chi connectivity index (χ1n) is 2.83. The monoisotopic (exact) mass is 116 g/mol. The molecule has 2 saturated heterocycles. The van der Waals surface area contributed by atoms with Crippen LogP contribution in [0.15, 0.2) is 0 Å². The van der Waals surface area contributed by atoms with Crippen LogP contribution in [0, 0.1) is 0 Å². The second kappa shape index (κ2) is 1.43. The molecule has 0 amide bonds. The zero-order chi connectivity index (χ0) is 5.45. The molecule has 2 heterocycles. The molecule has 0 radical (unpaired) electrons. The van der Waals surface area contributed by atoms with Crippen molar-refractivity contribution in [3.8, 4) is 0 Å². The topological polar surface area (TPSA) is 31.0 Å². The Morgan fingerprint density at radius 3 is 2.00 bits per heavy atom. The molecule has 1 spiro atoms. The summed E-state index contributed by atoms with van der Waals surface area (Å²) in [5, 5.41) is 0. The first-order valence-corrected chi connectivity index (χ1v) is 2.83. The van der Waals surface area contributed by atoms with Crippen LogP contribution < -0.4 is 0 Å². The smallest absolute Gasteiger partial charge is 0.308 e. The van der Waals surface area contributed by atoms with Gasteiger partial charge in [-0.3, -0.25) is 0 Å². The molecular weight excluding hydrogens is 108 g/mol. The van der Waals surface area contributed by atoms with Crippen LogP contribution in [0.5, 0.6) is 0 Å². The Hall–Kier alpha value is -0.120. The van der Waals surface area contributed by atoms with Gasteiger partial charge in [-0.15, -0.1) is 0 Å². The summed E-state index contributed by atoms with van der Waals surface area (Å²) in [5.41, 5.74) is 0. The van der Waals surface area contributed by atoms with Crippen LogP contribution in [-0.4, -0.2) is 25.8 Å². The van der Waals surface area contributed by atoms with Gasteiger partial charge in [0.2, 0.25) is 0 Å². The second-order valence-electron chi connectivity index (χ2n) is 2.02. The van der Waals surface area contributed by atoms with Gasteiger partial charge in [0.05, 0.1) is 13.2 Å². The highest BCUT2D eigenvalue weighted by Crippen LogP contribution is 2.32. The Bertz CT molecular complexity index is 89.8. The highest BCUT2D eigenvalue weighted by Gasteiger charge is 2.49. The maximum atomic E-state index is 5.13. The van der Waals surface area contributed by atoms with E-state index in [2.05, 4.69) is 0 Å². The Balaban J connectivity index is 1.95. The Kier molecular flexibility index (Phi) is 0.848. The summed E-state index contributed by atoms with van der Waals surface area (Å²) in [7, 11) is 0. The maximum Gasteiger partial charge on any atom is 0.308 e. The number of ether oxygens (including phenoxy) is 3. The normalized spacial score (nSPS) is 33.0. The van der Waals surface area contributed by atoms with Gasteiger partial charge in [0, 0.05) is 0 Å². The third-order valence-corrected chi connectivity index (χ3v) is 1.31. The summed E-state index contributed by atoms with van der Waals surface area (Å²) >= 11 is 0. The average molecular weight is 116 g/mol. The number of hydrogen-bond acceptors (Lipinski definition) is 3. The van der Waals surface area contributed by atoms with Crippen LogP contribution in [0.4, 0.5) is 0 Å². The molecule has 46 valence electrons. The highest BCUT2D eigenvalue weighted by atomic mass is 16.9. The lowest BCUT2D eigenvalue weighted by Crippen LogP contribution is -2.27. The Labute approximate surface area is 47.5 Å². The van der Waals surface area contributed by atoms with E-state index >= 15 is 0 Å². The highest BCUT2D eigenvalue weighted by molar-refractivity contribution is 4.72. The fourth-order valence-electron chi connectivity index (χ4n) is 0.782. The molecule has 8 heavy (non-hydrogen) atoms. The van der Waals surface area contributed by atoms with Gasteiger partial charge >= 0.3 is 5.97 Å². The first kappa shape index (κ1) is 4.73. The number of rotatable bonds is 0. The van der Waals surface area contributed by atoms with Crippen molar-refractivity contribution in [3.05, 3.63) is 0 Å². The van der Waals surface area contributed by atoms with Gasteiger partial charge in [0.1, 0.15) is 6.61 Å². The lowest BCUT2D eigenvalue weighted by Gasteiger charge is -2.18. The van der Waals surface area contributed by atoms with Gasteiger partial charge in [-0.1, -0.05) is 0 Å². The van der Waals surface area contributed by atoms with Gasteiger partial charge in [-0.05, 0) is 6.42 Å². The Morgan fingerprint density at radius 1 is 1.00 bits per heavy atom. The van der Waals surface area contributed by atoms with Crippen molar-refractivity contribution < 1.29 is 14.2 Å². The Morgan fingerprint density at radius 2 is 1.62 bits per heavy atom. The van der Waals surface area contributed by atoms with Crippen molar-refractivity contribution in [2.75, 3.05) is 19.8 Å². The van der Waals surface area contributed by atoms with E-state index in [1.165, 1.54) is 0 Å². The van der Waals surface area contributed by atoms with E-state index < -0.39 is 5.97 Å². The predicted octanol–water partition coefficient (Wildman–Crippen LogP) is 0.107. The largest absolute Gasteiger partial charge is 0.326 e. The van der Waals surface area contributed by atoms with Gasteiger partial charge in [0.15, 0.2) is 0 Å². The zero-order valence-corrected chi connectivity index (χ0v) is 4.55. The minimum atomic E-state index is -0.571. The van der Waals surface area contributed by atoms with Crippen LogP contribution >= 0.6 is 0 Å². The fraction of sp³-hybridized carbons (Fsp3) is 1.00. The van der Waals surface area contributed by atoms with Crippen molar-refractivity contribution in [2.24, 2.45) is 0 Å². The van der Waals surface area contributed by atoms with Crippen LogP contribution in [0.2, 0.25) is 0 Å². The van der Waals surface area contributed by atoms with Gasteiger partial charge in [0.25, 0.3) is 0 Å². The predicted molar refractivity (Wildman–Crippen MR) is 25.2 cm³/mol. The van der Waals surface area contributed by atoms with Crippen LogP contribution in [0.1, 0.15) is 6.42 Å². The molecule has 2 aliphatic heterocycles. The van der Waals surface area contributed by atoms with Crippen molar-refractivity contribution >= 4 is 0 Å². The summed E-state index contributed by atoms with van der Waals surface area (Å²) in [6.07, 6.45) is 0.991. The summed E-state index contributed by atoms with van der Waals surface area (Å²) < 4.78 is 15.2. The summed E-state index contributed by atoms with van der Waals surface area (Å²) in [6, 6.07) is 0. The van der Waals surface area contributed by atoms with E-state index in [0.29, 0.717) is 6.61 Å². The second-order valence-corrected chi connectivity index (χ2v) is 2.02. The van der Waals surface area contributed by atoms with Gasteiger partial charge in [-0.2, -0.15) is 0 Å². The summed E-state index contributed by atoms with van der Waals surface area (Å²) in [5.74, 6) is -0.571. The minimum Gasteiger partial charge on any atom is -0.326 e. The van der Waals surface area contributed by atoms with E-state index in [0.717, 1.165) is 19.6 Å². The maximum absolute atomic E-state index is 5.13.